The third kappa shape index (κ3) is 5.38. The number of benzene rings is 3. The van der Waals surface area contributed by atoms with Crippen molar-refractivity contribution in [3.8, 4) is 0 Å². The molecule has 10 heteroatoms. The summed E-state index contributed by atoms with van der Waals surface area (Å²) in [4.78, 5) is 59.7. The molecular formula is C38H39N3O7. The summed E-state index contributed by atoms with van der Waals surface area (Å²) in [6, 6.07) is 20.4. The lowest BCUT2D eigenvalue weighted by Crippen LogP contribution is -2.58. The molecule has 0 radical (unpaired) electrons. The van der Waals surface area contributed by atoms with Crippen molar-refractivity contribution < 1.29 is 33.8 Å². The first-order chi connectivity index (χ1) is 23.4. The number of hydrogen-bond acceptors (Lipinski definition) is 7. The smallest absolute Gasteiger partial charge is 0.306 e. The van der Waals surface area contributed by atoms with Gasteiger partial charge >= 0.3 is 5.97 Å². The number of allylic oxidation sites excluding steroid dienone is 1. The maximum Gasteiger partial charge on any atom is 0.306 e. The van der Waals surface area contributed by atoms with E-state index in [1.807, 2.05) is 91.9 Å². The van der Waals surface area contributed by atoms with E-state index in [1.165, 1.54) is 4.90 Å². The van der Waals surface area contributed by atoms with Crippen LogP contribution in [0.2, 0.25) is 0 Å². The molecule has 3 aromatic rings. The van der Waals surface area contributed by atoms with Gasteiger partial charge in [-0.2, -0.15) is 0 Å². The van der Waals surface area contributed by atoms with Crippen LogP contribution in [0.4, 0.5) is 5.69 Å². The fraction of sp³-hybridized carbons (Fsp3) is 0.368. The zero-order chi connectivity index (χ0) is 33.4. The van der Waals surface area contributed by atoms with Crippen molar-refractivity contribution in [2.24, 2.45) is 11.8 Å². The number of nitrogens with one attached hydrogen (secondary N) is 1. The molecule has 3 amide bonds. The third-order valence-corrected chi connectivity index (χ3v) is 10.1. The molecule has 0 saturated carbocycles. The maximum absolute atomic E-state index is 15.0. The van der Waals surface area contributed by atoms with Gasteiger partial charge in [-0.05, 0) is 41.3 Å². The van der Waals surface area contributed by atoms with E-state index in [9.17, 15) is 19.5 Å². The zero-order valence-electron chi connectivity index (χ0n) is 26.7. The van der Waals surface area contributed by atoms with Crippen LogP contribution >= 0.6 is 0 Å². The van der Waals surface area contributed by atoms with E-state index in [1.54, 1.807) is 17.1 Å². The third-order valence-electron chi connectivity index (χ3n) is 10.1. The summed E-state index contributed by atoms with van der Waals surface area (Å²) in [6.45, 7) is 1.58. The fourth-order valence-corrected chi connectivity index (χ4v) is 7.73. The second kappa shape index (κ2) is 13.0. The second-order valence-electron chi connectivity index (χ2n) is 12.8. The minimum Gasteiger partial charge on any atom is -0.463 e. The molecule has 48 heavy (non-hydrogen) atoms. The molecule has 4 aliphatic rings. The van der Waals surface area contributed by atoms with E-state index in [2.05, 4.69) is 5.32 Å². The van der Waals surface area contributed by atoms with Gasteiger partial charge in [-0.25, -0.2) is 0 Å². The maximum atomic E-state index is 15.0. The van der Waals surface area contributed by atoms with E-state index in [0.29, 0.717) is 18.5 Å². The SMILES string of the molecule is CC[C@@H](CO)N1C(=O)[C@H]2[C@@H]3C(=O)N[C@H](c4ccccc4)COC(=O)CC/C=C\CN(c4ccc5ccccc5c4)C(=O)[C@H]1[C@@]21C=C[C@@H]3O1. The molecule has 10 nitrogen and oxygen atoms in total. The van der Waals surface area contributed by atoms with E-state index in [0.717, 1.165) is 16.3 Å². The van der Waals surface area contributed by atoms with Gasteiger partial charge in [-0.3, -0.25) is 19.2 Å². The molecule has 7 atom stereocenters. The number of nitrogens with zero attached hydrogens (tertiary/aromatic N) is 2. The summed E-state index contributed by atoms with van der Waals surface area (Å²) < 4.78 is 12.2. The molecule has 7 rings (SSSR count). The van der Waals surface area contributed by atoms with Crippen molar-refractivity contribution in [1.29, 1.82) is 0 Å². The number of esters is 1. The lowest BCUT2D eigenvalue weighted by atomic mass is 9.74. The first-order valence-electron chi connectivity index (χ1n) is 16.6. The second-order valence-corrected chi connectivity index (χ2v) is 12.8. The predicted octanol–water partition coefficient (Wildman–Crippen LogP) is 3.85. The van der Waals surface area contributed by atoms with Crippen molar-refractivity contribution in [2.45, 2.75) is 56.0 Å². The van der Waals surface area contributed by atoms with Gasteiger partial charge in [0, 0.05) is 18.7 Å². The van der Waals surface area contributed by atoms with Crippen molar-refractivity contribution in [3.63, 3.8) is 0 Å². The Morgan fingerprint density at radius 2 is 1.73 bits per heavy atom. The average molecular weight is 650 g/mol. The topological polar surface area (TPSA) is 125 Å². The van der Waals surface area contributed by atoms with Gasteiger partial charge in [0.25, 0.3) is 5.91 Å². The van der Waals surface area contributed by atoms with Gasteiger partial charge in [-0.1, -0.05) is 91.9 Å². The molecule has 4 heterocycles. The highest BCUT2D eigenvalue weighted by molar-refractivity contribution is 6.06. The normalized spacial score (nSPS) is 30.3. The number of cyclic esters (lactones) is 1. The number of aliphatic hydroxyl groups excluding tert-OH is 1. The van der Waals surface area contributed by atoms with Crippen LogP contribution in [0, 0.1) is 11.8 Å². The first-order valence-corrected chi connectivity index (χ1v) is 16.6. The van der Waals surface area contributed by atoms with Gasteiger partial charge in [-0.15, -0.1) is 0 Å². The highest BCUT2D eigenvalue weighted by atomic mass is 16.5. The number of aliphatic hydroxyl groups is 1. The lowest BCUT2D eigenvalue weighted by molar-refractivity contribution is -0.146. The van der Waals surface area contributed by atoms with Crippen LogP contribution < -0.4 is 10.2 Å². The molecular weight excluding hydrogens is 610 g/mol. The summed E-state index contributed by atoms with van der Waals surface area (Å²) in [5.74, 6) is -3.56. The summed E-state index contributed by atoms with van der Waals surface area (Å²) in [5, 5.41) is 15.5. The van der Waals surface area contributed by atoms with E-state index in [-0.39, 0.29) is 32.1 Å². The average Bonchev–Trinajstić information content (AvgIpc) is 3.76. The summed E-state index contributed by atoms with van der Waals surface area (Å²) in [7, 11) is 0. The molecule has 4 aliphatic heterocycles. The Labute approximate surface area is 279 Å². The summed E-state index contributed by atoms with van der Waals surface area (Å²) in [5.41, 5.74) is -0.0395. The Bertz CT molecular complexity index is 1790. The molecule has 2 fully saturated rings. The highest BCUT2D eigenvalue weighted by Crippen LogP contribution is 2.56. The number of amides is 3. The Kier molecular flexibility index (Phi) is 8.61. The van der Waals surface area contributed by atoms with Crippen LogP contribution in [0.15, 0.2) is 97.1 Å². The largest absolute Gasteiger partial charge is 0.463 e. The monoisotopic (exact) mass is 649 g/mol. The quantitative estimate of drug-likeness (QED) is 0.318. The van der Waals surface area contributed by atoms with Crippen molar-refractivity contribution in [1.82, 2.24) is 10.2 Å². The van der Waals surface area contributed by atoms with Crippen LogP contribution in [0.5, 0.6) is 0 Å². The standard InChI is InChI=1S/C38H39N3O7/c1-2-27(22-42)41-34-37(46)40(28-17-16-24-11-8-9-14-26(24)21-28)20-10-4-7-15-31(43)47-23-29(25-12-5-3-6-13-25)39-35(44)32-30-18-19-38(34,48-30)33(32)36(41)45/h3-6,8-14,16-19,21,27,29-30,32-34,42H,2,7,15,20,22-23H2,1H3,(H,39,44)/b10-4-/t27-,29-,30-,32+,33+,34-,38+/m0/s1. The van der Waals surface area contributed by atoms with Gasteiger partial charge < -0.3 is 29.7 Å². The number of rotatable bonds is 5. The Hall–Kier alpha value is -4.80. The summed E-state index contributed by atoms with van der Waals surface area (Å²) in [6.07, 6.45) is 7.39. The van der Waals surface area contributed by atoms with Crippen LogP contribution in [0.25, 0.3) is 10.8 Å². The molecule has 1 spiro atoms. The van der Waals surface area contributed by atoms with Crippen LogP contribution in [-0.4, -0.2) is 77.2 Å². The van der Waals surface area contributed by atoms with Gasteiger partial charge in [0.1, 0.15) is 18.2 Å². The number of ether oxygens (including phenoxy) is 2. The van der Waals surface area contributed by atoms with Crippen molar-refractivity contribution >= 4 is 40.2 Å². The molecule has 0 aromatic heterocycles. The first kappa shape index (κ1) is 31.8. The molecule has 3 aromatic carbocycles. The van der Waals surface area contributed by atoms with E-state index < -0.39 is 59.5 Å². The van der Waals surface area contributed by atoms with Gasteiger partial charge in [0.15, 0.2) is 0 Å². The Balaban J connectivity index is 1.33. The number of anilines is 1. The predicted molar refractivity (Wildman–Crippen MR) is 178 cm³/mol. The van der Waals surface area contributed by atoms with E-state index >= 15 is 4.79 Å². The summed E-state index contributed by atoms with van der Waals surface area (Å²) >= 11 is 0. The highest BCUT2D eigenvalue weighted by Gasteiger charge is 2.73. The van der Waals surface area contributed by atoms with Crippen LogP contribution in [-0.2, 0) is 28.7 Å². The molecule has 248 valence electrons. The molecule has 2 saturated heterocycles. The van der Waals surface area contributed by atoms with Gasteiger partial charge in [0.05, 0.1) is 36.6 Å². The molecule has 0 aliphatic carbocycles. The van der Waals surface area contributed by atoms with Crippen molar-refractivity contribution in [3.05, 3.63) is 103 Å². The number of carbonyl (C=O) groups is 4. The minimum absolute atomic E-state index is 0.0818. The Morgan fingerprint density at radius 3 is 2.50 bits per heavy atom. The van der Waals surface area contributed by atoms with E-state index in [4.69, 9.17) is 9.47 Å². The number of fused-ring (bicyclic) bond motifs is 3. The number of carbonyl (C=O) groups excluding carboxylic acids is 4. The zero-order valence-corrected chi connectivity index (χ0v) is 26.7. The molecule has 0 unspecified atom stereocenters. The number of likely N-dealkylation sites (tertiary alicyclic amines) is 1. The van der Waals surface area contributed by atoms with Crippen molar-refractivity contribution in [2.75, 3.05) is 24.7 Å². The Morgan fingerprint density at radius 1 is 0.958 bits per heavy atom. The molecule has 5 bridgehead atoms. The minimum atomic E-state index is -1.41. The number of hydrogen-bond donors (Lipinski definition) is 2. The molecule has 2 N–H and O–H groups in total. The lowest BCUT2D eigenvalue weighted by Gasteiger charge is -2.38. The van der Waals surface area contributed by atoms with Gasteiger partial charge in [0.2, 0.25) is 11.8 Å². The fourth-order valence-electron chi connectivity index (χ4n) is 7.73. The van der Waals surface area contributed by atoms with Crippen LogP contribution in [0.3, 0.4) is 0 Å². The van der Waals surface area contributed by atoms with Crippen LogP contribution in [0.1, 0.15) is 37.8 Å².